The van der Waals surface area contributed by atoms with Crippen LogP contribution >= 0.6 is 0 Å². The maximum atomic E-state index is 13.0. The molecule has 3 unspecified atom stereocenters. The number of rotatable bonds is 36. The fourth-order valence-electron chi connectivity index (χ4n) is 5.83. The maximum Gasteiger partial charge on any atom is 0.306 e. The summed E-state index contributed by atoms with van der Waals surface area (Å²) in [6.45, 7) is 6.23. The molecule has 0 spiro atoms. The van der Waals surface area contributed by atoms with Gasteiger partial charge >= 0.3 is 5.97 Å². The van der Waals surface area contributed by atoms with Gasteiger partial charge in [0.05, 0.1) is 25.2 Å². The third-order valence-corrected chi connectivity index (χ3v) is 9.08. The summed E-state index contributed by atoms with van der Waals surface area (Å²) < 4.78 is 5.74. The van der Waals surface area contributed by atoms with Crippen molar-refractivity contribution >= 4 is 11.9 Å². The summed E-state index contributed by atoms with van der Waals surface area (Å²) in [4.78, 5) is 25.8. The normalized spacial score (nSPS) is 14.3. The van der Waals surface area contributed by atoms with Crippen molar-refractivity contribution in [3.8, 4) is 0 Å². The third-order valence-electron chi connectivity index (χ3n) is 9.08. The SMILES string of the molecule is CC/C=C/C=C/C=C\C=C/C=C/CCCC(=O)OC(/C=C/C/C=C\CCCCCCCC)CC(=O)NC(CO)C(O)CCCCCCCCCCCC. The number of allylic oxidation sites excluding steroid dienone is 13. The molecule has 0 aromatic heterocycles. The van der Waals surface area contributed by atoms with Crippen LogP contribution in [-0.2, 0) is 14.3 Å². The van der Waals surface area contributed by atoms with Gasteiger partial charge in [0.25, 0.3) is 0 Å². The molecule has 1 amide bonds. The Hall–Kier alpha value is -2.96. The van der Waals surface area contributed by atoms with Gasteiger partial charge in [-0.2, -0.15) is 0 Å². The molecule has 302 valence electrons. The average Bonchev–Trinajstić information content (AvgIpc) is 3.15. The van der Waals surface area contributed by atoms with Crippen molar-refractivity contribution in [2.24, 2.45) is 0 Å². The maximum absolute atomic E-state index is 13.0. The van der Waals surface area contributed by atoms with Crippen LogP contribution in [0.3, 0.4) is 0 Å². The van der Waals surface area contributed by atoms with E-state index >= 15 is 0 Å². The first kappa shape index (κ1) is 50.0. The zero-order valence-corrected chi connectivity index (χ0v) is 34.1. The summed E-state index contributed by atoms with van der Waals surface area (Å²) >= 11 is 0. The van der Waals surface area contributed by atoms with E-state index in [1.54, 1.807) is 6.08 Å². The number of carbonyl (C=O) groups is 2. The van der Waals surface area contributed by atoms with E-state index in [-0.39, 0.29) is 31.3 Å². The predicted molar refractivity (Wildman–Crippen MR) is 227 cm³/mol. The Morgan fingerprint density at radius 1 is 0.604 bits per heavy atom. The molecule has 0 aliphatic rings. The lowest BCUT2D eigenvalue weighted by molar-refractivity contribution is -0.148. The number of esters is 1. The molecule has 53 heavy (non-hydrogen) atoms. The molecular formula is C47H79NO5. The lowest BCUT2D eigenvalue weighted by atomic mass is 10.0. The summed E-state index contributed by atoms with van der Waals surface area (Å²) in [5.74, 6) is -0.703. The lowest BCUT2D eigenvalue weighted by Crippen LogP contribution is -2.46. The highest BCUT2D eigenvalue weighted by Gasteiger charge is 2.23. The molecule has 0 saturated carbocycles. The van der Waals surface area contributed by atoms with Gasteiger partial charge in [-0.15, -0.1) is 0 Å². The zero-order valence-electron chi connectivity index (χ0n) is 34.1. The number of aliphatic hydroxyl groups excluding tert-OH is 2. The van der Waals surface area contributed by atoms with Gasteiger partial charge in [0.2, 0.25) is 5.91 Å². The second-order valence-corrected chi connectivity index (χ2v) is 14.1. The fraction of sp³-hybridized carbons (Fsp3) is 0.660. The van der Waals surface area contributed by atoms with E-state index in [4.69, 9.17) is 4.74 Å². The molecule has 0 fully saturated rings. The monoisotopic (exact) mass is 738 g/mol. The van der Waals surface area contributed by atoms with Gasteiger partial charge < -0.3 is 20.3 Å². The van der Waals surface area contributed by atoms with Crippen LogP contribution in [0.2, 0.25) is 0 Å². The molecule has 0 aliphatic heterocycles. The number of nitrogens with one attached hydrogen (secondary N) is 1. The van der Waals surface area contributed by atoms with Crippen LogP contribution in [0.4, 0.5) is 0 Å². The number of hydrogen-bond donors (Lipinski definition) is 3. The minimum Gasteiger partial charge on any atom is -0.458 e. The van der Waals surface area contributed by atoms with Crippen molar-refractivity contribution in [3.05, 3.63) is 85.1 Å². The highest BCUT2D eigenvalue weighted by molar-refractivity contribution is 5.78. The number of hydrogen-bond acceptors (Lipinski definition) is 5. The Kier molecular flexibility index (Phi) is 38.0. The fourth-order valence-corrected chi connectivity index (χ4v) is 5.83. The summed E-state index contributed by atoms with van der Waals surface area (Å²) in [6, 6.07) is -0.748. The van der Waals surface area contributed by atoms with Crippen LogP contribution in [0.1, 0.15) is 175 Å². The highest BCUT2D eigenvalue weighted by Crippen LogP contribution is 2.14. The first-order chi connectivity index (χ1) is 26.0. The molecule has 6 heteroatoms. The average molecular weight is 738 g/mol. The van der Waals surface area contributed by atoms with Crippen LogP contribution in [-0.4, -0.2) is 46.9 Å². The van der Waals surface area contributed by atoms with Gasteiger partial charge in [0.15, 0.2) is 0 Å². The molecule has 0 bridgehead atoms. The Morgan fingerprint density at radius 3 is 1.72 bits per heavy atom. The molecule has 0 rings (SSSR count). The van der Waals surface area contributed by atoms with Gasteiger partial charge in [-0.1, -0.05) is 196 Å². The number of aliphatic hydroxyl groups is 2. The van der Waals surface area contributed by atoms with Crippen molar-refractivity contribution in [1.82, 2.24) is 5.32 Å². The topological polar surface area (TPSA) is 95.9 Å². The van der Waals surface area contributed by atoms with Crippen molar-refractivity contribution in [2.45, 2.75) is 193 Å². The number of amides is 1. The van der Waals surface area contributed by atoms with Crippen LogP contribution < -0.4 is 5.32 Å². The Morgan fingerprint density at radius 2 is 1.13 bits per heavy atom. The van der Waals surface area contributed by atoms with E-state index in [0.29, 0.717) is 19.3 Å². The van der Waals surface area contributed by atoms with E-state index in [9.17, 15) is 19.8 Å². The quantitative estimate of drug-likeness (QED) is 0.0257. The smallest absolute Gasteiger partial charge is 0.306 e. The summed E-state index contributed by atoms with van der Waals surface area (Å²) in [6.07, 6.45) is 51.1. The highest BCUT2D eigenvalue weighted by atomic mass is 16.5. The van der Waals surface area contributed by atoms with Gasteiger partial charge in [0, 0.05) is 6.42 Å². The minimum atomic E-state index is -0.824. The van der Waals surface area contributed by atoms with Crippen molar-refractivity contribution in [1.29, 1.82) is 0 Å². The number of carbonyl (C=O) groups excluding carboxylic acids is 2. The molecule has 0 radical (unpaired) electrons. The van der Waals surface area contributed by atoms with Gasteiger partial charge in [0.1, 0.15) is 6.10 Å². The molecule has 0 aromatic rings. The van der Waals surface area contributed by atoms with Crippen LogP contribution in [0.5, 0.6) is 0 Å². The Balaban J connectivity index is 4.86. The lowest BCUT2D eigenvalue weighted by Gasteiger charge is -2.23. The first-order valence-corrected chi connectivity index (χ1v) is 21.4. The molecule has 6 nitrogen and oxygen atoms in total. The van der Waals surface area contributed by atoms with Crippen LogP contribution in [0, 0.1) is 0 Å². The van der Waals surface area contributed by atoms with E-state index in [2.05, 4.69) is 44.3 Å². The largest absolute Gasteiger partial charge is 0.458 e. The van der Waals surface area contributed by atoms with E-state index in [1.165, 1.54) is 83.5 Å². The van der Waals surface area contributed by atoms with E-state index < -0.39 is 18.2 Å². The molecule has 0 aromatic carbocycles. The molecule has 0 saturated heterocycles. The second kappa shape index (κ2) is 40.2. The van der Waals surface area contributed by atoms with Crippen molar-refractivity contribution in [3.63, 3.8) is 0 Å². The molecular weight excluding hydrogens is 659 g/mol. The third kappa shape index (κ3) is 35.8. The van der Waals surface area contributed by atoms with Crippen molar-refractivity contribution in [2.75, 3.05) is 6.61 Å². The molecule has 3 N–H and O–H groups in total. The minimum absolute atomic E-state index is 0.0620. The number of unbranched alkanes of at least 4 members (excludes halogenated alkanes) is 16. The van der Waals surface area contributed by atoms with Crippen LogP contribution in [0.25, 0.3) is 0 Å². The Bertz CT molecular complexity index is 1050. The predicted octanol–water partition coefficient (Wildman–Crippen LogP) is 12.1. The zero-order chi connectivity index (χ0) is 38.9. The first-order valence-electron chi connectivity index (χ1n) is 21.4. The van der Waals surface area contributed by atoms with E-state index in [1.807, 2.05) is 60.8 Å². The number of ether oxygens (including phenoxy) is 1. The Labute approximate surface area is 325 Å². The summed E-state index contributed by atoms with van der Waals surface area (Å²) in [7, 11) is 0. The van der Waals surface area contributed by atoms with Gasteiger partial charge in [-0.25, -0.2) is 0 Å². The molecule has 0 heterocycles. The van der Waals surface area contributed by atoms with Gasteiger partial charge in [-0.05, 0) is 51.0 Å². The summed E-state index contributed by atoms with van der Waals surface area (Å²) in [5, 5.41) is 23.5. The van der Waals surface area contributed by atoms with E-state index in [0.717, 1.165) is 38.5 Å². The van der Waals surface area contributed by atoms with Crippen LogP contribution in [0.15, 0.2) is 85.1 Å². The second-order valence-electron chi connectivity index (χ2n) is 14.1. The standard InChI is InChI=1S/C47H79NO5/c1-4-7-10-13-16-19-22-23-25-28-31-34-37-40-47(52)53-43(38-35-32-29-26-24-20-17-14-11-8-5-2)41-46(51)48-44(42-49)45(50)39-36-33-30-27-21-18-15-12-9-6-3/h7,10,13,16,19,22-23,25-26,28-29,31,35,38,43-45,49-50H,4-6,8-9,11-12,14-15,17-18,20-21,24,27,30,32-34,36-37,39-42H2,1-3H3,(H,48,51)/b10-7+,16-13+,22-19-,25-23-,29-26-,31-28+,38-35+. The summed E-state index contributed by atoms with van der Waals surface area (Å²) in [5.41, 5.74) is 0. The molecule has 3 atom stereocenters. The van der Waals surface area contributed by atoms with Gasteiger partial charge in [-0.3, -0.25) is 9.59 Å². The van der Waals surface area contributed by atoms with Crippen molar-refractivity contribution < 1.29 is 24.5 Å². The molecule has 0 aliphatic carbocycles.